The second-order valence-corrected chi connectivity index (χ2v) is 2.73. The van der Waals surface area contributed by atoms with Crippen molar-refractivity contribution in [1.82, 2.24) is 5.43 Å². The number of nitrogens with one attached hydrogen (secondary N) is 2. The fraction of sp³-hybridized carbons (Fsp3) is 0.125. The summed E-state index contributed by atoms with van der Waals surface area (Å²) in [7, 11) is 1.62. The molecule has 13 heavy (non-hydrogen) atoms. The van der Waals surface area contributed by atoms with Gasteiger partial charge in [-0.3, -0.25) is 10.4 Å². The Morgan fingerprint density at radius 2 is 2.15 bits per heavy atom. The number of halogens is 1. The van der Waals surface area contributed by atoms with Crippen LogP contribution in [0.15, 0.2) is 29.3 Å². The number of nitrogens with two attached hydrogens (primary N) is 1. The third kappa shape index (κ3) is 2.61. The van der Waals surface area contributed by atoms with Gasteiger partial charge in [-0.15, -0.1) is 0 Å². The van der Waals surface area contributed by atoms with E-state index in [1.807, 2.05) is 18.2 Å². The van der Waals surface area contributed by atoms with Crippen LogP contribution < -0.4 is 16.6 Å². The van der Waals surface area contributed by atoms with Crippen LogP contribution in [0, 0.1) is 0 Å². The van der Waals surface area contributed by atoms with E-state index in [9.17, 15) is 0 Å². The lowest BCUT2D eigenvalue weighted by atomic mass is 10.3. The number of benzene rings is 1. The largest absolute Gasteiger partial charge is 0.324 e. The van der Waals surface area contributed by atoms with Gasteiger partial charge in [0.2, 0.25) is 5.96 Å². The molecule has 0 saturated heterocycles. The minimum Gasteiger partial charge on any atom is -0.324 e. The van der Waals surface area contributed by atoms with E-state index in [4.69, 9.17) is 17.4 Å². The van der Waals surface area contributed by atoms with Gasteiger partial charge in [-0.1, -0.05) is 23.7 Å². The molecular weight excluding hydrogens is 188 g/mol. The summed E-state index contributed by atoms with van der Waals surface area (Å²) in [6, 6.07) is 7.35. The number of guanidine groups is 1. The van der Waals surface area contributed by atoms with E-state index in [-0.39, 0.29) is 0 Å². The number of aliphatic imine (C=N–C) groups is 1. The highest BCUT2D eigenvalue weighted by Gasteiger charge is 1.99. The Kier molecular flexibility index (Phi) is 3.54. The molecule has 0 atom stereocenters. The Labute approximate surface area is 81.8 Å². The van der Waals surface area contributed by atoms with Crippen molar-refractivity contribution in [3.8, 4) is 0 Å². The topological polar surface area (TPSA) is 62.4 Å². The molecule has 0 bridgehead atoms. The fourth-order valence-corrected chi connectivity index (χ4v) is 1.03. The Bertz CT molecular complexity index is 311. The monoisotopic (exact) mass is 198 g/mol. The zero-order valence-electron chi connectivity index (χ0n) is 7.21. The fourth-order valence-electron chi connectivity index (χ4n) is 0.847. The van der Waals surface area contributed by atoms with Crippen molar-refractivity contribution in [3.63, 3.8) is 0 Å². The van der Waals surface area contributed by atoms with Gasteiger partial charge >= 0.3 is 0 Å². The molecule has 4 nitrogen and oxygen atoms in total. The van der Waals surface area contributed by atoms with E-state index in [1.165, 1.54) is 0 Å². The SMILES string of the molecule is CN=C(NN)Nc1ccccc1Cl. The molecular formula is C8H11ClN4. The first-order valence-electron chi connectivity index (χ1n) is 3.73. The third-order valence-electron chi connectivity index (χ3n) is 1.49. The van der Waals surface area contributed by atoms with E-state index in [0.717, 1.165) is 5.69 Å². The molecule has 0 amide bonds. The number of nitrogens with zero attached hydrogens (tertiary/aromatic N) is 1. The molecule has 1 aromatic carbocycles. The van der Waals surface area contributed by atoms with Crippen LogP contribution in [0.2, 0.25) is 5.02 Å². The minimum atomic E-state index is 0.466. The van der Waals surface area contributed by atoms with Crippen LogP contribution >= 0.6 is 11.6 Å². The highest BCUT2D eigenvalue weighted by atomic mass is 35.5. The maximum absolute atomic E-state index is 5.90. The summed E-state index contributed by atoms with van der Waals surface area (Å²) < 4.78 is 0. The predicted octanol–water partition coefficient (Wildman–Crippen LogP) is 1.20. The van der Waals surface area contributed by atoms with Crippen LogP contribution in [0.5, 0.6) is 0 Å². The number of para-hydroxylation sites is 1. The molecule has 70 valence electrons. The van der Waals surface area contributed by atoms with Crippen molar-refractivity contribution in [1.29, 1.82) is 0 Å². The van der Waals surface area contributed by atoms with Gasteiger partial charge in [0.05, 0.1) is 10.7 Å². The molecule has 0 aromatic heterocycles. The van der Waals surface area contributed by atoms with E-state index in [0.29, 0.717) is 11.0 Å². The predicted molar refractivity (Wildman–Crippen MR) is 55.8 cm³/mol. The first-order valence-corrected chi connectivity index (χ1v) is 4.10. The van der Waals surface area contributed by atoms with Crippen molar-refractivity contribution in [3.05, 3.63) is 29.3 Å². The molecule has 0 radical (unpaired) electrons. The van der Waals surface area contributed by atoms with Gasteiger partial charge in [0.25, 0.3) is 0 Å². The maximum Gasteiger partial charge on any atom is 0.210 e. The number of hydrazine groups is 1. The van der Waals surface area contributed by atoms with Gasteiger partial charge in [-0.25, -0.2) is 5.84 Å². The molecule has 0 spiro atoms. The van der Waals surface area contributed by atoms with E-state index in [2.05, 4.69) is 15.7 Å². The van der Waals surface area contributed by atoms with Crippen molar-refractivity contribution >= 4 is 23.2 Å². The average molecular weight is 199 g/mol. The lowest BCUT2D eigenvalue weighted by molar-refractivity contribution is 1.01. The van der Waals surface area contributed by atoms with Gasteiger partial charge in [-0.2, -0.15) is 0 Å². The first kappa shape index (κ1) is 9.83. The highest BCUT2D eigenvalue weighted by molar-refractivity contribution is 6.33. The number of anilines is 1. The molecule has 0 saturated carbocycles. The van der Waals surface area contributed by atoms with Crippen LogP contribution in [0.1, 0.15) is 0 Å². The van der Waals surface area contributed by atoms with E-state index >= 15 is 0 Å². The van der Waals surface area contributed by atoms with Crippen molar-refractivity contribution in [2.75, 3.05) is 12.4 Å². The summed E-state index contributed by atoms with van der Waals surface area (Å²) in [5.41, 5.74) is 3.17. The highest BCUT2D eigenvalue weighted by Crippen LogP contribution is 2.19. The normalized spacial score (nSPS) is 11.2. The van der Waals surface area contributed by atoms with Gasteiger partial charge in [-0.05, 0) is 12.1 Å². The third-order valence-corrected chi connectivity index (χ3v) is 1.82. The smallest absolute Gasteiger partial charge is 0.210 e. The molecule has 1 rings (SSSR count). The maximum atomic E-state index is 5.90. The molecule has 0 aliphatic heterocycles. The Balaban J connectivity index is 2.80. The Morgan fingerprint density at radius 1 is 1.46 bits per heavy atom. The summed E-state index contributed by atoms with van der Waals surface area (Å²) in [5, 5.41) is 3.55. The van der Waals surface area contributed by atoms with Crippen LogP contribution in [-0.2, 0) is 0 Å². The van der Waals surface area contributed by atoms with Crippen LogP contribution in [0.3, 0.4) is 0 Å². The number of hydrogen-bond acceptors (Lipinski definition) is 2. The van der Waals surface area contributed by atoms with Gasteiger partial charge in [0.1, 0.15) is 0 Å². The van der Waals surface area contributed by atoms with E-state index < -0.39 is 0 Å². The lowest BCUT2D eigenvalue weighted by Crippen LogP contribution is -2.36. The Morgan fingerprint density at radius 3 is 2.69 bits per heavy atom. The summed E-state index contributed by atoms with van der Waals surface area (Å²) in [5.74, 6) is 5.66. The van der Waals surface area contributed by atoms with Gasteiger partial charge in [0.15, 0.2) is 0 Å². The summed E-state index contributed by atoms with van der Waals surface area (Å²) in [6.07, 6.45) is 0. The Hall–Kier alpha value is -1.26. The van der Waals surface area contributed by atoms with Crippen molar-refractivity contribution in [2.24, 2.45) is 10.8 Å². The van der Waals surface area contributed by atoms with E-state index in [1.54, 1.807) is 13.1 Å². The van der Waals surface area contributed by atoms with Crippen LogP contribution in [0.4, 0.5) is 5.69 Å². The summed E-state index contributed by atoms with van der Waals surface area (Å²) in [6.45, 7) is 0. The second-order valence-electron chi connectivity index (χ2n) is 2.32. The van der Waals surface area contributed by atoms with Crippen molar-refractivity contribution < 1.29 is 0 Å². The summed E-state index contributed by atoms with van der Waals surface area (Å²) in [4.78, 5) is 3.85. The molecule has 0 fully saturated rings. The quantitative estimate of drug-likeness (QED) is 0.275. The molecule has 4 N–H and O–H groups in total. The molecule has 5 heteroatoms. The molecule has 0 aliphatic rings. The molecule has 0 unspecified atom stereocenters. The number of hydrogen-bond donors (Lipinski definition) is 3. The average Bonchev–Trinajstić information content (AvgIpc) is 2.17. The summed E-state index contributed by atoms with van der Waals surface area (Å²) >= 11 is 5.90. The molecule has 1 aromatic rings. The zero-order chi connectivity index (χ0) is 9.68. The molecule has 0 aliphatic carbocycles. The first-order chi connectivity index (χ1) is 6.27. The minimum absolute atomic E-state index is 0.466. The number of rotatable bonds is 1. The van der Waals surface area contributed by atoms with Crippen molar-refractivity contribution in [2.45, 2.75) is 0 Å². The van der Waals surface area contributed by atoms with Crippen LogP contribution in [0.25, 0.3) is 0 Å². The lowest BCUT2D eigenvalue weighted by Gasteiger charge is -2.08. The van der Waals surface area contributed by atoms with Crippen LogP contribution in [-0.4, -0.2) is 13.0 Å². The molecule has 0 heterocycles. The second kappa shape index (κ2) is 4.69. The standard InChI is InChI=1S/C8H11ClN4/c1-11-8(13-10)12-7-5-3-2-4-6(7)9/h2-5H,10H2,1H3,(H2,11,12,13). The zero-order valence-corrected chi connectivity index (χ0v) is 7.97. The van der Waals surface area contributed by atoms with Gasteiger partial charge in [0, 0.05) is 7.05 Å². The van der Waals surface area contributed by atoms with Gasteiger partial charge < -0.3 is 5.32 Å².